The minimum absolute atomic E-state index is 0.0571. The number of nitriles is 5. The number of benzene rings is 8. The van der Waals surface area contributed by atoms with Crippen LogP contribution in [0.2, 0.25) is 0 Å². The molecule has 0 N–H and O–H groups in total. The number of fused-ring (bicyclic) bond motifs is 6. The van der Waals surface area contributed by atoms with Crippen molar-refractivity contribution in [1.82, 2.24) is 9.13 Å². The maximum Gasteiger partial charge on any atom is 0.417 e. The summed E-state index contributed by atoms with van der Waals surface area (Å²) < 4.78 is 90.5. The zero-order chi connectivity index (χ0) is 47.6. The van der Waals surface area contributed by atoms with E-state index in [0.29, 0.717) is 66.8 Å². The molecular weight excluding hydrogens is 873 g/mol. The predicted octanol–water partition coefficient (Wildman–Crippen LogP) is 14.3. The topological polar surface area (TPSA) is 129 Å². The van der Waals surface area contributed by atoms with Gasteiger partial charge in [0.25, 0.3) is 0 Å². The number of alkyl halides is 6. The van der Waals surface area contributed by atoms with Crippen LogP contribution >= 0.6 is 0 Å². The van der Waals surface area contributed by atoms with Crippen LogP contribution in [0.25, 0.3) is 88.4 Å². The van der Waals surface area contributed by atoms with Gasteiger partial charge in [0.2, 0.25) is 0 Å². The number of hydrogen-bond acceptors (Lipinski definition) is 5. The molecule has 10 rings (SSSR count). The lowest BCUT2D eigenvalue weighted by Crippen LogP contribution is -2.13. The Morgan fingerprint density at radius 2 is 0.794 bits per heavy atom. The van der Waals surface area contributed by atoms with Crippen molar-refractivity contribution in [2.75, 3.05) is 0 Å². The van der Waals surface area contributed by atoms with Gasteiger partial charge in [-0.1, -0.05) is 54.6 Å². The zero-order valence-electron chi connectivity index (χ0n) is 34.8. The molecule has 2 heterocycles. The van der Waals surface area contributed by atoms with Crippen LogP contribution in [0, 0.1) is 56.7 Å². The van der Waals surface area contributed by atoms with Gasteiger partial charge in [0.05, 0.1) is 103 Å². The van der Waals surface area contributed by atoms with Gasteiger partial charge >= 0.3 is 12.4 Å². The van der Waals surface area contributed by atoms with Crippen LogP contribution in [0.5, 0.6) is 0 Å². The maximum absolute atomic E-state index is 15.0. The molecule has 0 atom stereocenters. The number of halogens is 6. The molecule has 2 aromatic heterocycles. The van der Waals surface area contributed by atoms with Crippen LogP contribution < -0.4 is 0 Å². The Morgan fingerprint density at radius 1 is 0.353 bits per heavy atom. The van der Waals surface area contributed by atoms with Crippen LogP contribution in [-0.2, 0) is 12.4 Å². The molecular formula is C55H25F6N7. The predicted molar refractivity (Wildman–Crippen MR) is 245 cm³/mol. The Morgan fingerprint density at radius 3 is 1.22 bits per heavy atom. The molecule has 0 bridgehead atoms. The summed E-state index contributed by atoms with van der Waals surface area (Å²) in [6.45, 7) is 0. The van der Waals surface area contributed by atoms with Gasteiger partial charge in [-0.3, -0.25) is 0 Å². The number of hydrogen-bond donors (Lipinski definition) is 0. The highest BCUT2D eigenvalue weighted by atomic mass is 19.4. The summed E-state index contributed by atoms with van der Waals surface area (Å²) in [6, 6.07) is 50.0. The fourth-order valence-corrected chi connectivity index (χ4v) is 9.11. The first-order chi connectivity index (χ1) is 32.7. The molecule has 8 aromatic carbocycles. The van der Waals surface area contributed by atoms with Crippen molar-refractivity contribution in [3.8, 4) is 75.1 Å². The van der Waals surface area contributed by atoms with Crippen LogP contribution in [0.4, 0.5) is 26.3 Å². The van der Waals surface area contributed by atoms with Crippen molar-refractivity contribution in [2.24, 2.45) is 0 Å². The lowest BCUT2D eigenvalue weighted by molar-refractivity contribution is -0.142. The zero-order valence-corrected chi connectivity index (χ0v) is 34.8. The van der Waals surface area contributed by atoms with Gasteiger partial charge in [-0.25, -0.2) is 0 Å². The molecule has 0 saturated heterocycles. The molecule has 0 aliphatic carbocycles. The minimum atomic E-state index is -5.26. The summed E-state index contributed by atoms with van der Waals surface area (Å²) in [5, 5.41) is 52.7. The van der Waals surface area contributed by atoms with Crippen molar-refractivity contribution < 1.29 is 26.3 Å². The van der Waals surface area contributed by atoms with E-state index in [1.165, 1.54) is 24.3 Å². The van der Waals surface area contributed by atoms with Crippen molar-refractivity contribution in [1.29, 1.82) is 26.3 Å². The van der Waals surface area contributed by atoms with Crippen LogP contribution in [0.15, 0.2) is 152 Å². The number of para-hydroxylation sites is 2. The van der Waals surface area contributed by atoms with Crippen molar-refractivity contribution in [2.45, 2.75) is 12.4 Å². The summed E-state index contributed by atoms with van der Waals surface area (Å²) >= 11 is 0. The van der Waals surface area contributed by atoms with E-state index >= 15 is 0 Å². The Bertz CT molecular complexity index is 3960. The number of rotatable bonds is 5. The highest BCUT2D eigenvalue weighted by molar-refractivity contribution is 6.13. The van der Waals surface area contributed by atoms with E-state index in [1.54, 1.807) is 42.5 Å². The molecule has 0 aliphatic rings. The molecule has 0 saturated carbocycles. The second-order valence-corrected chi connectivity index (χ2v) is 16.0. The molecule has 7 nitrogen and oxygen atoms in total. The third-order valence-electron chi connectivity index (χ3n) is 12.1. The van der Waals surface area contributed by atoms with Crippen LogP contribution in [0.1, 0.15) is 38.9 Å². The average Bonchev–Trinajstić information content (AvgIpc) is 3.86. The van der Waals surface area contributed by atoms with Gasteiger partial charge in [0.15, 0.2) is 0 Å². The van der Waals surface area contributed by atoms with Crippen LogP contribution in [-0.4, -0.2) is 9.13 Å². The van der Waals surface area contributed by atoms with E-state index in [2.05, 4.69) is 24.3 Å². The molecule has 0 radical (unpaired) electrons. The Kier molecular flexibility index (Phi) is 9.85. The van der Waals surface area contributed by atoms with E-state index in [0.717, 1.165) is 16.8 Å². The second-order valence-electron chi connectivity index (χ2n) is 16.0. The number of nitrogens with zero attached hydrogens (tertiary/aromatic N) is 7. The highest BCUT2D eigenvalue weighted by Gasteiger charge is 2.39. The highest BCUT2D eigenvalue weighted by Crippen LogP contribution is 2.46. The Hall–Kier alpha value is -9.61. The lowest BCUT2D eigenvalue weighted by atomic mass is 9.92. The SMILES string of the molecule is N#Cc1cc(C#N)cc(-c2ccc3c(c2)c2ccccc2n3-c2cc(C#N)c(-c3ccc(C(F)(F)F)cc3C(F)(F)F)cc2-n2c3ccccc3c3cc(-c4cc(C#N)cc(C#N)c4)ccc32)c1. The van der Waals surface area contributed by atoms with Gasteiger partial charge in [-0.15, -0.1) is 0 Å². The Balaban J connectivity index is 1.32. The molecule has 0 aliphatic heterocycles. The van der Waals surface area contributed by atoms with E-state index in [1.807, 2.05) is 81.9 Å². The fourth-order valence-electron chi connectivity index (χ4n) is 9.11. The minimum Gasteiger partial charge on any atom is -0.307 e. The third kappa shape index (κ3) is 6.98. The van der Waals surface area contributed by atoms with Gasteiger partial charge in [0.1, 0.15) is 0 Å². The normalized spacial score (nSPS) is 11.6. The quantitative estimate of drug-likeness (QED) is 0.159. The molecule has 13 heteroatoms. The summed E-state index contributed by atoms with van der Waals surface area (Å²) in [6.07, 6.45) is -10.3. The van der Waals surface area contributed by atoms with E-state index in [-0.39, 0.29) is 45.1 Å². The third-order valence-corrected chi connectivity index (χ3v) is 12.1. The van der Waals surface area contributed by atoms with Crippen molar-refractivity contribution in [3.63, 3.8) is 0 Å². The van der Waals surface area contributed by atoms with E-state index < -0.39 is 29.0 Å². The molecule has 322 valence electrons. The molecule has 10 aromatic rings. The monoisotopic (exact) mass is 897 g/mol. The first-order valence-electron chi connectivity index (χ1n) is 20.6. The number of aromatic nitrogens is 2. The van der Waals surface area contributed by atoms with E-state index in [4.69, 9.17) is 0 Å². The largest absolute Gasteiger partial charge is 0.417 e. The van der Waals surface area contributed by atoms with Gasteiger partial charge in [-0.2, -0.15) is 52.7 Å². The summed E-state index contributed by atoms with van der Waals surface area (Å²) in [5.74, 6) is 0. The van der Waals surface area contributed by atoms with E-state index in [9.17, 15) is 52.7 Å². The molecule has 0 spiro atoms. The smallest absolute Gasteiger partial charge is 0.307 e. The second kappa shape index (κ2) is 15.8. The van der Waals surface area contributed by atoms with Gasteiger partial charge < -0.3 is 9.13 Å². The first-order valence-corrected chi connectivity index (χ1v) is 20.6. The molecule has 0 unspecified atom stereocenters. The summed E-state index contributed by atoms with van der Waals surface area (Å²) in [5.41, 5.74) is 2.50. The first kappa shape index (κ1) is 42.3. The molecule has 0 amide bonds. The standard InChI is InChI=1S/C55H25F6N7/c56-54(57,58)40-11-12-41(47(24-40)55(59,60)61)44-25-53(68-49-8-4-2-6-43(49)46-22-36(10-14-51(46)68)38-19-33(28-64)16-34(20-38)29-65)52(23-39(44)30-66)67-48-7-3-1-5-42(48)45-21-35(9-13-50(45)67)37-17-31(26-62)15-32(18-37)27-63/h1-25H. The Labute approximate surface area is 382 Å². The van der Waals surface area contributed by atoms with Gasteiger partial charge in [-0.05, 0) is 125 Å². The summed E-state index contributed by atoms with van der Waals surface area (Å²) in [7, 11) is 0. The summed E-state index contributed by atoms with van der Waals surface area (Å²) in [4.78, 5) is 0. The van der Waals surface area contributed by atoms with Crippen molar-refractivity contribution >= 4 is 43.6 Å². The molecule has 0 fully saturated rings. The van der Waals surface area contributed by atoms with Gasteiger partial charge in [0, 0.05) is 27.1 Å². The maximum atomic E-state index is 15.0. The lowest BCUT2D eigenvalue weighted by Gasteiger charge is -2.21. The average molecular weight is 898 g/mol. The molecule has 68 heavy (non-hydrogen) atoms. The fraction of sp³-hybridized carbons (Fsp3) is 0.0364. The van der Waals surface area contributed by atoms with Crippen molar-refractivity contribution in [3.05, 3.63) is 191 Å². The van der Waals surface area contributed by atoms with Crippen LogP contribution in [0.3, 0.4) is 0 Å².